The molecule has 2 heteroatoms. The molecule has 0 bridgehead atoms. The summed E-state index contributed by atoms with van der Waals surface area (Å²) in [4.78, 5) is 4.90. The van der Waals surface area contributed by atoms with E-state index in [1.165, 1.54) is 54.4 Å². The van der Waals surface area contributed by atoms with E-state index in [0.717, 1.165) is 36.0 Å². The number of rotatable bonds is 4. The van der Waals surface area contributed by atoms with Gasteiger partial charge in [0.1, 0.15) is 5.84 Å². The molecule has 2 nitrogen and oxygen atoms in total. The number of hydrogen-bond acceptors (Lipinski definition) is 1. The molecule has 0 amide bonds. The van der Waals surface area contributed by atoms with Gasteiger partial charge in [0.2, 0.25) is 0 Å². The van der Waals surface area contributed by atoms with Crippen LogP contribution in [0.4, 0.5) is 5.69 Å². The van der Waals surface area contributed by atoms with E-state index < -0.39 is 0 Å². The van der Waals surface area contributed by atoms with Crippen molar-refractivity contribution in [2.24, 2.45) is 4.99 Å². The van der Waals surface area contributed by atoms with Gasteiger partial charge < -0.3 is 5.32 Å². The van der Waals surface area contributed by atoms with Crippen molar-refractivity contribution in [1.29, 1.82) is 0 Å². The predicted octanol–water partition coefficient (Wildman–Crippen LogP) is 6.55. The molecule has 2 aliphatic carbocycles. The molecule has 0 radical (unpaired) electrons. The van der Waals surface area contributed by atoms with Gasteiger partial charge >= 0.3 is 0 Å². The summed E-state index contributed by atoms with van der Waals surface area (Å²) in [6.45, 7) is 12.3. The van der Waals surface area contributed by atoms with E-state index in [2.05, 4.69) is 49.7 Å². The van der Waals surface area contributed by atoms with Crippen LogP contribution in [0.25, 0.3) is 0 Å². The van der Waals surface area contributed by atoms with E-state index >= 15 is 0 Å². The molecule has 1 aromatic carbocycles. The lowest BCUT2D eigenvalue weighted by molar-refractivity contribution is 0.443. The monoisotopic (exact) mass is 334 g/mol. The van der Waals surface area contributed by atoms with E-state index in [4.69, 9.17) is 4.99 Å². The molecule has 3 rings (SSSR count). The molecule has 0 aliphatic heterocycles. The molecule has 0 aromatic heterocycles. The zero-order valence-corrected chi connectivity index (χ0v) is 15.7. The van der Waals surface area contributed by atoms with Crippen LogP contribution in [0.1, 0.15) is 70.3 Å². The van der Waals surface area contributed by atoms with Crippen molar-refractivity contribution in [3.63, 3.8) is 0 Å². The summed E-state index contributed by atoms with van der Waals surface area (Å²) in [5.41, 5.74) is 7.14. The first-order valence-electron chi connectivity index (χ1n) is 9.54. The Morgan fingerprint density at radius 3 is 2.32 bits per heavy atom. The zero-order chi connectivity index (χ0) is 17.8. The minimum absolute atomic E-state index is 0.739. The minimum Gasteiger partial charge on any atom is -0.344 e. The standard InChI is InChI=1S/C23H30N2/c1-16(2)24-23(22-15-10-17(3)18(22)4)25-21-13-11-20(12-14-21)19-8-6-5-7-9-19/h11-14,19H,1,3,5-10,15H2,2,4H3,(H,24,25). The number of benzene rings is 1. The number of hydrogen-bond donors (Lipinski definition) is 1. The van der Waals surface area contributed by atoms with Gasteiger partial charge in [0, 0.05) is 5.70 Å². The number of allylic oxidation sites excluding steroid dienone is 3. The number of nitrogens with one attached hydrogen (secondary N) is 1. The van der Waals surface area contributed by atoms with Crippen LogP contribution in [0, 0.1) is 0 Å². The Morgan fingerprint density at radius 1 is 1.08 bits per heavy atom. The Balaban J connectivity index is 1.84. The lowest BCUT2D eigenvalue weighted by Crippen LogP contribution is -2.22. The molecule has 0 atom stereocenters. The summed E-state index contributed by atoms with van der Waals surface area (Å²) in [5, 5.41) is 3.36. The van der Waals surface area contributed by atoms with Gasteiger partial charge in [0.25, 0.3) is 0 Å². The highest BCUT2D eigenvalue weighted by molar-refractivity contribution is 6.02. The second-order valence-electron chi connectivity index (χ2n) is 7.50. The van der Waals surface area contributed by atoms with E-state index in [1.807, 2.05) is 6.92 Å². The van der Waals surface area contributed by atoms with Gasteiger partial charge in [-0.3, -0.25) is 0 Å². The van der Waals surface area contributed by atoms with Crippen molar-refractivity contribution in [2.45, 2.75) is 64.7 Å². The average Bonchev–Trinajstić information content (AvgIpc) is 2.94. The first kappa shape index (κ1) is 17.7. The van der Waals surface area contributed by atoms with E-state index in [0.29, 0.717) is 0 Å². The van der Waals surface area contributed by atoms with Crippen LogP contribution in [0.2, 0.25) is 0 Å². The number of amidine groups is 1. The molecular formula is C23H30N2. The van der Waals surface area contributed by atoms with Crippen molar-refractivity contribution in [1.82, 2.24) is 5.32 Å². The van der Waals surface area contributed by atoms with E-state index in [-0.39, 0.29) is 0 Å². The first-order chi connectivity index (χ1) is 12.0. The van der Waals surface area contributed by atoms with Crippen molar-refractivity contribution in [3.05, 3.63) is 65.4 Å². The fourth-order valence-electron chi connectivity index (χ4n) is 3.92. The molecule has 0 saturated heterocycles. The summed E-state index contributed by atoms with van der Waals surface area (Å²) in [5.74, 6) is 1.66. The molecule has 0 heterocycles. The Morgan fingerprint density at radius 2 is 1.76 bits per heavy atom. The van der Waals surface area contributed by atoms with Crippen molar-refractivity contribution in [2.75, 3.05) is 0 Å². The maximum absolute atomic E-state index is 4.90. The van der Waals surface area contributed by atoms with E-state index in [9.17, 15) is 0 Å². The zero-order valence-electron chi connectivity index (χ0n) is 15.7. The summed E-state index contributed by atoms with van der Waals surface area (Å²) >= 11 is 0. The fraction of sp³-hybridized carbons (Fsp3) is 0.435. The molecule has 1 saturated carbocycles. The van der Waals surface area contributed by atoms with Gasteiger partial charge in [0.05, 0.1) is 5.69 Å². The van der Waals surface area contributed by atoms with Crippen molar-refractivity contribution >= 4 is 11.5 Å². The fourth-order valence-corrected chi connectivity index (χ4v) is 3.92. The SMILES string of the molecule is C=C(C)NC(=Nc1ccc(C2CCCCC2)cc1)C1=C(C)C(=C)CC1. The van der Waals surface area contributed by atoms with Gasteiger partial charge in [-0.05, 0) is 74.3 Å². The molecule has 2 aliphatic rings. The highest BCUT2D eigenvalue weighted by Crippen LogP contribution is 2.34. The normalized spacial score (nSPS) is 19.4. The Bertz CT molecular complexity index is 713. The molecule has 132 valence electrons. The Hall–Kier alpha value is -2.09. The third kappa shape index (κ3) is 4.31. The lowest BCUT2D eigenvalue weighted by atomic mass is 9.84. The molecule has 1 aromatic rings. The maximum atomic E-state index is 4.90. The minimum atomic E-state index is 0.739. The third-order valence-corrected chi connectivity index (χ3v) is 5.49. The van der Waals surface area contributed by atoms with Gasteiger partial charge in [-0.1, -0.05) is 50.1 Å². The second-order valence-corrected chi connectivity index (χ2v) is 7.50. The van der Waals surface area contributed by atoms with Crippen molar-refractivity contribution < 1.29 is 0 Å². The van der Waals surface area contributed by atoms with Crippen LogP contribution in [0.15, 0.2) is 64.8 Å². The van der Waals surface area contributed by atoms with Crippen LogP contribution >= 0.6 is 0 Å². The van der Waals surface area contributed by atoms with Crippen LogP contribution in [0.5, 0.6) is 0 Å². The summed E-state index contributed by atoms with van der Waals surface area (Å²) < 4.78 is 0. The largest absolute Gasteiger partial charge is 0.344 e. The van der Waals surface area contributed by atoms with Gasteiger partial charge in [-0.25, -0.2) is 4.99 Å². The summed E-state index contributed by atoms with van der Waals surface area (Å²) in [6, 6.07) is 8.84. The quantitative estimate of drug-likeness (QED) is 0.490. The predicted molar refractivity (Wildman–Crippen MR) is 108 cm³/mol. The van der Waals surface area contributed by atoms with Crippen LogP contribution in [-0.2, 0) is 0 Å². The highest BCUT2D eigenvalue weighted by Gasteiger charge is 2.19. The average molecular weight is 335 g/mol. The van der Waals surface area contributed by atoms with Gasteiger partial charge in [-0.2, -0.15) is 0 Å². The van der Waals surface area contributed by atoms with Crippen LogP contribution in [-0.4, -0.2) is 5.84 Å². The Labute approximate surface area is 152 Å². The maximum Gasteiger partial charge on any atom is 0.134 e. The molecule has 1 fully saturated rings. The number of aliphatic imine (C=N–C) groups is 1. The smallest absolute Gasteiger partial charge is 0.134 e. The third-order valence-electron chi connectivity index (χ3n) is 5.49. The summed E-state index contributed by atoms with van der Waals surface area (Å²) in [6.07, 6.45) is 8.83. The van der Waals surface area contributed by atoms with Crippen molar-refractivity contribution in [3.8, 4) is 0 Å². The van der Waals surface area contributed by atoms with Crippen LogP contribution < -0.4 is 5.32 Å². The lowest BCUT2D eigenvalue weighted by Gasteiger charge is -2.22. The van der Waals surface area contributed by atoms with Gasteiger partial charge in [0.15, 0.2) is 0 Å². The number of nitrogens with zero attached hydrogens (tertiary/aromatic N) is 1. The van der Waals surface area contributed by atoms with Gasteiger partial charge in [-0.15, -0.1) is 0 Å². The summed E-state index contributed by atoms with van der Waals surface area (Å²) in [7, 11) is 0. The molecule has 1 N–H and O–H groups in total. The molecule has 0 unspecified atom stereocenters. The molecule has 0 spiro atoms. The second kappa shape index (κ2) is 7.86. The molecule has 25 heavy (non-hydrogen) atoms. The van der Waals surface area contributed by atoms with Crippen LogP contribution in [0.3, 0.4) is 0 Å². The highest BCUT2D eigenvalue weighted by atomic mass is 15.0. The first-order valence-corrected chi connectivity index (χ1v) is 9.54. The van der Waals surface area contributed by atoms with E-state index in [1.54, 1.807) is 0 Å². The molecular weight excluding hydrogens is 304 g/mol. The topological polar surface area (TPSA) is 24.4 Å². The Kier molecular flexibility index (Phi) is 5.57.